The molecule has 0 atom stereocenters. The quantitative estimate of drug-likeness (QED) is 0.413. The molecule has 0 saturated heterocycles. The summed E-state index contributed by atoms with van der Waals surface area (Å²) in [6.45, 7) is 0. The van der Waals surface area contributed by atoms with Gasteiger partial charge in [-0.1, -0.05) is 15.9 Å². The van der Waals surface area contributed by atoms with E-state index < -0.39 is 0 Å². The maximum atomic E-state index is 9.96. The van der Waals surface area contributed by atoms with Gasteiger partial charge in [0.05, 0.1) is 18.1 Å². The molecule has 132 valence electrons. The fourth-order valence-electron chi connectivity index (χ4n) is 2.61. The van der Waals surface area contributed by atoms with Crippen molar-refractivity contribution in [3.63, 3.8) is 0 Å². The number of furan rings is 3. The fourth-order valence-corrected chi connectivity index (χ4v) is 2.99. The van der Waals surface area contributed by atoms with E-state index >= 15 is 0 Å². The molecule has 0 spiro atoms. The zero-order valence-electron chi connectivity index (χ0n) is 13.7. The van der Waals surface area contributed by atoms with Crippen molar-refractivity contribution in [1.82, 2.24) is 0 Å². The second kappa shape index (κ2) is 7.02. The summed E-state index contributed by atoms with van der Waals surface area (Å²) < 4.78 is 17.5. The fraction of sp³-hybridized carbons (Fsp3) is 0. The average molecular weight is 423 g/mol. The van der Waals surface area contributed by atoms with Gasteiger partial charge in [0, 0.05) is 16.3 Å². The van der Waals surface area contributed by atoms with Crippen LogP contribution in [-0.4, -0.2) is 11.3 Å². The minimum Gasteiger partial charge on any atom is -0.507 e. The van der Waals surface area contributed by atoms with E-state index in [2.05, 4.69) is 27.0 Å². The normalized spacial score (nSPS) is 11.1. The van der Waals surface area contributed by atoms with Crippen LogP contribution in [0.4, 0.5) is 5.88 Å². The molecule has 3 heterocycles. The van der Waals surface area contributed by atoms with E-state index in [1.807, 2.05) is 0 Å². The maximum absolute atomic E-state index is 9.96. The van der Waals surface area contributed by atoms with Crippen LogP contribution in [-0.2, 0) is 0 Å². The third-order valence-corrected chi connectivity index (χ3v) is 4.32. The number of hydrogen-bond donors (Lipinski definition) is 1. The van der Waals surface area contributed by atoms with Crippen molar-refractivity contribution in [3.05, 3.63) is 70.6 Å². The first-order chi connectivity index (χ1) is 13.2. The van der Waals surface area contributed by atoms with Crippen LogP contribution < -0.4 is 0 Å². The van der Waals surface area contributed by atoms with Crippen LogP contribution in [0.2, 0.25) is 0 Å². The standard InChI is InChI=1S/C20H11BrN2O4/c21-13-5-6-15(24)12(9-13)11-23-20-14(10-22)18(16-3-1-7-25-16)19(27-20)17-4-2-8-26-17/h1-9,11,24H. The van der Waals surface area contributed by atoms with Crippen molar-refractivity contribution in [2.45, 2.75) is 0 Å². The number of phenols is 1. The molecule has 6 nitrogen and oxygen atoms in total. The molecule has 0 amide bonds. The Morgan fingerprint density at radius 1 is 1.07 bits per heavy atom. The molecule has 0 aliphatic carbocycles. The minimum atomic E-state index is 0.0597. The van der Waals surface area contributed by atoms with Crippen LogP contribution in [0.1, 0.15) is 11.1 Å². The highest BCUT2D eigenvalue weighted by Gasteiger charge is 2.26. The van der Waals surface area contributed by atoms with E-state index in [1.165, 1.54) is 18.7 Å². The lowest BCUT2D eigenvalue weighted by atomic mass is 10.1. The molecule has 0 saturated carbocycles. The molecule has 4 rings (SSSR count). The highest BCUT2D eigenvalue weighted by atomic mass is 79.9. The Bertz CT molecular complexity index is 1150. The molecule has 4 aromatic rings. The van der Waals surface area contributed by atoms with Crippen molar-refractivity contribution >= 4 is 28.0 Å². The summed E-state index contributed by atoms with van der Waals surface area (Å²) in [5, 5.41) is 19.7. The van der Waals surface area contributed by atoms with Crippen LogP contribution in [0.3, 0.4) is 0 Å². The van der Waals surface area contributed by atoms with Crippen LogP contribution >= 0.6 is 15.9 Å². The molecule has 3 aromatic heterocycles. The molecule has 0 fully saturated rings. The topological polar surface area (TPSA) is 95.8 Å². The van der Waals surface area contributed by atoms with Crippen molar-refractivity contribution < 1.29 is 18.4 Å². The van der Waals surface area contributed by atoms with Gasteiger partial charge in [-0.05, 0) is 42.5 Å². The van der Waals surface area contributed by atoms with Gasteiger partial charge < -0.3 is 18.4 Å². The summed E-state index contributed by atoms with van der Waals surface area (Å²) in [5.74, 6) is 1.41. The molecule has 1 aromatic carbocycles. The largest absolute Gasteiger partial charge is 0.507 e. The molecule has 0 aliphatic rings. The Balaban J connectivity index is 1.87. The Hall–Kier alpha value is -3.50. The number of halogens is 1. The Morgan fingerprint density at radius 2 is 1.81 bits per heavy atom. The minimum absolute atomic E-state index is 0.0597. The summed E-state index contributed by atoms with van der Waals surface area (Å²) in [5.41, 5.74) is 1.15. The molecule has 1 N–H and O–H groups in total. The number of aliphatic imine (C=N–C) groups is 1. The molecular weight excluding hydrogens is 412 g/mol. The lowest BCUT2D eigenvalue weighted by Crippen LogP contribution is -1.83. The SMILES string of the molecule is N#Cc1c(N=Cc2cc(Br)ccc2O)oc(-c2ccco2)c1-c1ccco1. The zero-order valence-corrected chi connectivity index (χ0v) is 15.3. The zero-order chi connectivity index (χ0) is 18.8. The van der Waals surface area contributed by atoms with Crippen LogP contribution in [0, 0.1) is 11.3 Å². The summed E-state index contributed by atoms with van der Waals surface area (Å²) in [4.78, 5) is 4.27. The average Bonchev–Trinajstić information content (AvgIpc) is 3.41. The molecular formula is C20H11BrN2O4. The first-order valence-corrected chi connectivity index (χ1v) is 8.64. The Labute approximate surface area is 162 Å². The third-order valence-electron chi connectivity index (χ3n) is 3.82. The molecule has 0 unspecified atom stereocenters. The number of phenolic OH excluding ortho intramolecular Hbond substituents is 1. The third kappa shape index (κ3) is 3.18. The Kier molecular flexibility index (Phi) is 4.40. The lowest BCUT2D eigenvalue weighted by molar-refractivity contribution is 0.474. The van der Waals surface area contributed by atoms with Gasteiger partial charge >= 0.3 is 0 Å². The van der Waals surface area contributed by atoms with Crippen molar-refractivity contribution in [2.24, 2.45) is 4.99 Å². The first-order valence-electron chi connectivity index (χ1n) is 7.84. The van der Waals surface area contributed by atoms with Crippen molar-refractivity contribution in [3.8, 4) is 34.7 Å². The van der Waals surface area contributed by atoms with E-state index in [0.29, 0.717) is 28.4 Å². The highest BCUT2D eigenvalue weighted by molar-refractivity contribution is 9.10. The van der Waals surface area contributed by atoms with Crippen LogP contribution in [0.15, 0.2) is 77.7 Å². The summed E-state index contributed by atoms with van der Waals surface area (Å²) >= 11 is 3.35. The summed E-state index contributed by atoms with van der Waals surface area (Å²) in [6.07, 6.45) is 4.45. The first kappa shape index (κ1) is 16.9. The highest BCUT2D eigenvalue weighted by Crippen LogP contribution is 2.42. The molecule has 0 radical (unpaired) electrons. The molecule has 0 bridgehead atoms. The van der Waals surface area contributed by atoms with Gasteiger partial charge in [0.25, 0.3) is 0 Å². The molecule has 0 aliphatic heterocycles. The molecule has 27 heavy (non-hydrogen) atoms. The van der Waals surface area contributed by atoms with Gasteiger partial charge in [0.15, 0.2) is 11.5 Å². The predicted octanol–water partition coefficient (Wildman–Crippen LogP) is 5.89. The van der Waals surface area contributed by atoms with Gasteiger partial charge in [-0.2, -0.15) is 5.26 Å². The van der Waals surface area contributed by atoms with Gasteiger partial charge in [-0.15, -0.1) is 0 Å². The summed E-state index contributed by atoms with van der Waals surface area (Å²) in [7, 11) is 0. The van der Waals surface area contributed by atoms with E-state index in [1.54, 1.807) is 42.5 Å². The number of rotatable bonds is 4. The van der Waals surface area contributed by atoms with Gasteiger partial charge in [-0.3, -0.25) is 0 Å². The lowest BCUT2D eigenvalue weighted by Gasteiger charge is -1.98. The number of benzene rings is 1. The van der Waals surface area contributed by atoms with Gasteiger partial charge in [0.1, 0.15) is 23.1 Å². The van der Waals surface area contributed by atoms with Gasteiger partial charge in [0.2, 0.25) is 5.88 Å². The monoisotopic (exact) mass is 422 g/mol. The predicted molar refractivity (Wildman–Crippen MR) is 102 cm³/mol. The van der Waals surface area contributed by atoms with E-state index in [0.717, 1.165) is 4.47 Å². The van der Waals surface area contributed by atoms with Crippen molar-refractivity contribution in [2.75, 3.05) is 0 Å². The number of nitriles is 1. The van der Waals surface area contributed by atoms with E-state index in [4.69, 9.17) is 13.3 Å². The smallest absolute Gasteiger partial charge is 0.238 e. The molecule has 7 heteroatoms. The summed E-state index contributed by atoms with van der Waals surface area (Å²) in [6, 6.07) is 14.0. The number of hydrogen-bond acceptors (Lipinski definition) is 6. The van der Waals surface area contributed by atoms with E-state index in [-0.39, 0.29) is 17.2 Å². The van der Waals surface area contributed by atoms with E-state index in [9.17, 15) is 10.4 Å². The second-order valence-corrected chi connectivity index (χ2v) is 6.43. The van der Waals surface area contributed by atoms with Crippen LogP contribution in [0.5, 0.6) is 5.75 Å². The number of aromatic hydroxyl groups is 1. The van der Waals surface area contributed by atoms with Crippen LogP contribution in [0.25, 0.3) is 22.8 Å². The second-order valence-electron chi connectivity index (χ2n) is 5.51. The van der Waals surface area contributed by atoms with Crippen molar-refractivity contribution in [1.29, 1.82) is 5.26 Å². The number of nitrogens with zero attached hydrogens (tertiary/aromatic N) is 2. The van der Waals surface area contributed by atoms with Gasteiger partial charge in [-0.25, -0.2) is 4.99 Å². The maximum Gasteiger partial charge on any atom is 0.238 e. The Morgan fingerprint density at radius 3 is 2.48 bits per heavy atom.